The van der Waals surface area contributed by atoms with Gasteiger partial charge in [0.1, 0.15) is 0 Å². The molecule has 0 saturated heterocycles. The van der Waals surface area contributed by atoms with Crippen LogP contribution in [0.2, 0.25) is 0 Å². The first-order valence-corrected chi connectivity index (χ1v) is 5.89. The zero-order valence-electron chi connectivity index (χ0n) is 8.70. The Morgan fingerprint density at radius 3 is 2.41 bits per heavy atom. The molecule has 0 spiro atoms. The number of carboxylic acids is 1. The number of hydrogen-bond donors (Lipinski definition) is 2. The number of aromatic amines is 1. The number of rotatable bonds is 1. The van der Waals surface area contributed by atoms with Crippen LogP contribution in [0.5, 0.6) is 0 Å². The molecule has 0 amide bonds. The minimum Gasteiger partial charge on any atom is -0.478 e. The Bertz CT molecular complexity index is 746. The maximum Gasteiger partial charge on any atom is 0.335 e. The van der Waals surface area contributed by atoms with Crippen molar-refractivity contribution in [2.24, 2.45) is 0 Å². The van der Waals surface area contributed by atoms with Gasteiger partial charge in [-0.25, -0.2) is 4.79 Å². The van der Waals surface area contributed by atoms with Crippen LogP contribution in [0.4, 0.5) is 0 Å². The Labute approximate surface area is 105 Å². The molecule has 84 valence electrons. The molecule has 1 aromatic heterocycles. The van der Waals surface area contributed by atoms with E-state index in [2.05, 4.69) is 20.9 Å². The maximum absolute atomic E-state index is 10.9. The third-order valence-electron chi connectivity index (χ3n) is 2.81. The summed E-state index contributed by atoms with van der Waals surface area (Å²) in [6.07, 6.45) is 0. The molecule has 0 aliphatic carbocycles. The molecule has 3 aromatic rings. The van der Waals surface area contributed by atoms with Crippen molar-refractivity contribution in [1.82, 2.24) is 4.98 Å². The zero-order valence-corrected chi connectivity index (χ0v) is 10.3. The number of fused-ring (bicyclic) bond motifs is 3. The molecule has 2 N–H and O–H groups in total. The first-order chi connectivity index (χ1) is 8.15. The predicted octanol–water partition coefficient (Wildman–Crippen LogP) is 3.78. The zero-order chi connectivity index (χ0) is 12.0. The van der Waals surface area contributed by atoms with Gasteiger partial charge < -0.3 is 10.1 Å². The van der Waals surface area contributed by atoms with Crippen molar-refractivity contribution in [3.63, 3.8) is 0 Å². The second kappa shape index (κ2) is 3.60. The summed E-state index contributed by atoms with van der Waals surface area (Å²) in [6, 6.07) is 11.1. The molecule has 0 aliphatic heterocycles. The molecule has 17 heavy (non-hydrogen) atoms. The Kier molecular flexibility index (Phi) is 2.19. The molecule has 0 radical (unpaired) electrons. The first-order valence-electron chi connectivity index (χ1n) is 5.09. The van der Waals surface area contributed by atoms with Crippen LogP contribution < -0.4 is 0 Å². The van der Waals surface area contributed by atoms with Crippen LogP contribution in [0.25, 0.3) is 21.8 Å². The van der Waals surface area contributed by atoms with Crippen molar-refractivity contribution >= 4 is 43.7 Å². The van der Waals surface area contributed by atoms with Crippen molar-refractivity contribution < 1.29 is 9.90 Å². The number of aromatic nitrogens is 1. The highest BCUT2D eigenvalue weighted by atomic mass is 79.9. The molecule has 4 heteroatoms. The molecule has 3 rings (SSSR count). The Hall–Kier alpha value is -1.81. The summed E-state index contributed by atoms with van der Waals surface area (Å²) in [7, 11) is 0. The summed E-state index contributed by atoms with van der Waals surface area (Å²) in [4.78, 5) is 14.1. The Balaban J connectivity index is 2.38. The molecule has 0 atom stereocenters. The van der Waals surface area contributed by atoms with E-state index in [0.29, 0.717) is 5.56 Å². The third-order valence-corrected chi connectivity index (χ3v) is 3.30. The lowest BCUT2D eigenvalue weighted by atomic mass is 10.1. The minimum atomic E-state index is -0.910. The molecule has 0 saturated carbocycles. The van der Waals surface area contributed by atoms with E-state index in [4.69, 9.17) is 5.11 Å². The van der Waals surface area contributed by atoms with E-state index in [0.717, 1.165) is 26.3 Å². The van der Waals surface area contributed by atoms with Crippen LogP contribution in [0.3, 0.4) is 0 Å². The van der Waals surface area contributed by atoms with Gasteiger partial charge in [0, 0.05) is 26.3 Å². The predicted molar refractivity (Wildman–Crippen MR) is 70.5 cm³/mol. The SMILES string of the molecule is O=C(O)c1ccc2c(c1)[nH]c1cc(Br)ccc12. The fraction of sp³-hybridized carbons (Fsp3) is 0. The number of aromatic carboxylic acids is 1. The monoisotopic (exact) mass is 289 g/mol. The lowest BCUT2D eigenvalue weighted by Gasteiger charge is -1.94. The minimum absolute atomic E-state index is 0.295. The van der Waals surface area contributed by atoms with Crippen LogP contribution in [0.15, 0.2) is 40.9 Å². The topological polar surface area (TPSA) is 53.1 Å². The molecule has 0 aliphatic rings. The van der Waals surface area contributed by atoms with Gasteiger partial charge in [-0.15, -0.1) is 0 Å². The number of nitrogens with one attached hydrogen (secondary N) is 1. The number of carbonyl (C=O) groups is 1. The van der Waals surface area contributed by atoms with E-state index in [9.17, 15) is 4.79 Å². The van der Waals surface area contributed by atoms with Crippen LogP contribution >= 0.6 is 15.9 Å². The Morgan fingerprint density at radius 2 is 1.71 bits per heavy atom. The molecular weight excluding hydrogens is 282 g/mol. The molecule has 1 heterocycles. The number of H-pyrrole nitrogens is 1. The lowest BCUT2D eigenvalue weighted by molar-refractivity contribution is 0.0697. The van der Waals surface area contributed by atoms with Crippen molar-refractivity contribution in [3.05, 3.63) is 46.4 Å². The molecule has 0 bridgehead atoms. The van der Waals surface area contributed by atoms with Gasteiger partial charge in [0.25, 0.3) is 0 Å². The second-order valence-corrected chi connectivity index (χ2v) is 4.80. The van der Waals surface area contributed by atoms with Gasteiger partial charge in [0.05, 0.1) is 5.56 Å². The van der Waals surface area contributed by atoms with Crippen molar-refractivity contribution in [3.8, 4) is 0 Å². The third kappa shape index (κ3) is 1.61. The first kappa shape index (κ1) is 10.4. The quantitative estimate of drug-likeness (QED) is 0.716. The van der Waals surface area contributed by atoms with E-state index >= 15 is 0 Å². The largest absolute Gasteiger partial charge is 0.478 e. The van der Waals surface area contributed by atoms with Crippen LogP contribution in [-0.2, 0) is 0 Å². The van der Waals surface area contributed by atoms with Crippen LogP contribution in [0, 0.1) is 0 Å². The van der Waals surface area contributed by atoms with Crippen molar-refractivity contribution in [2.45, 2.75) is 0 Å². The van der Waals surface area contributed by atoms with Crippen LogP contribution in [0.1, 0.15) is 10.4 Å². The summed E-state index contributed by atoms with van der Waals surface area (Å²) < 4.78 is 0.995. The Morgan fingerprint density at radius 1 is 1.06 bits per heavy atom. The summed E-state index contributed by atoms with van der Waals surface area (Å²) >= 11 is 3.41. The highest BCUT2D eigenvalue weighted by Crippen LogP contribution is 2.28. The van der Waals surface area contributed by atoms with E-state index < -0.39 is 5.97 Å². The van der Waals surface area contributed by atoms with Gasteiger partial charge >= 0.3 is 5.97 Å². The normalized spacial score (nSPS) is 11.1. The highest BCUT2D eigenvalue weighted by Gasteiger charge is 2.08. The average Bonchev–Trinajstić information content (AvgIpc) is 2.64. The van der Waals surface area contributed by atoms with Gasteiger partial charge in [-0.2, -0.15) is 0 Å². The fourth-order valence-electron chi connectivity index (χ4n) is 2.02. The summed E-state index contributed by atoms with van der Waals surface area (Å²) in [5.41, 5.74) is 2.14. The summed E-state index contributed by atoms with van der Waals surface area (Å²) in [6.45, 7) is 0. The van der Waals surface area contributed by atoms with Crippen molar-refractivity contribution in [2.75, 3.05) is 0 Å². The number of hydrogen-bond acceptors (Lipinski definition) is 1. The molecule has 0 unspecified atom stereocenters. The molecule has 2 aromatic carbocycles. The van der Waals surface area contributed by atoms with Crippen molar-refractivity contribution in [1.29, 1.82) is 0 Å². The standard InChI is InChI=1S/C13H8BrNO2/c14-8-2-4-10-9-3-1-7(13(16)17)5-11(9)15-12(10)6-8/h1-6,15H,(H,16,17). The van der Waals surface area contributed by atoms with Crippen LogP contribution in [-0.4, -0.2) is 16.1 Å². The smallest absolute Gasteiger partial charge is 0.335 e. The van der Waals surface area contributed by atoms with Gasteiger partial charge in [0.15, 0.2) is 0 Å². The highest BCUT2D eigenvalue weighted by molar-refractivity contribution is 9.10. The average molecular weight is 290 g/mol. The van der Waals surface area contributed by atoms with Gasteiger partial charge in [-0.3, -0.25) is 0 Å². The number of benzene rings is 2. The van der Waals surface area contributed by atoms with E-state index in [1.165, 1.54) is 0 Å². The lowest BCUT2D eigenvalue weighted by Crippen LogP contribution is -1.94. The molecule has 3 nitrogen and oxygen atoms in total. The number of carboxylic acid groups (broad SMARTS) is 1. The summed E-state index contributed by atoms with van der Waals surface area (Å²) in [5, 5.41) is 11.1. The van der Waals surface area contributed by atoms with Gasteiger partial charge in [-0.05, 0) is 24.3 Å². The fourth-order valence-corrected chi connectivity index (χ4v) is 2.38. The van der Waals surface area contributed by atoms with E-state index in [1.807, 2.05) is 24.3 Å². The van der Waals surface area contributed by atoms with E-state index in [1.54, 1.807) is 12.1 Å². The van der Waals surface area contributed by atoms with Gasteiger partial charge in [-0.1, -0.05) is 28.1 Å². The van der Waals surface area contributed by atoms with Gasteiger partial charge in [0.2, 0.25) is 0 Å². The van der Waals surface area contributed by atoms with E-state index in [-0.39, 0.29) is 0 Å². The number of halogens is 1. The molecule has 0 fully saturated rings. The second-order valence-electron chi connectivity index (χ2n) is 3.88. The molecular formula is C13H8BrNO2. The summed E-state index contributed by atoms with van der Waals surface area (Å²) in [5.74, 6) is -0.910. The maximum atomic E-state index is 10.9.